The average molecular weight is 262 g/mol. The fourth-order valence-corrected chi connectivity index (χ4v) is 1.16. The molecule has 18 heavy (non-hydrogen) atoms. The Hall–Kier alpha value is -0.680. The number of hydrogen-bond donors (Lipinski definition) is 2. The highest BCUT2D eigenvalue weighted by atomic mass is 19.1. The Morgan fingerprint density at radius 3 is 2.44 bits per heavy atom. The topological polar surface area (TPSA) is 50.4 Å². The lowest BCUT2D eigenvalue weighted by molar-refractivity contribution is -0.128. The molecule has 5 heteroatoms. The van der Waals surface area contributed by atoms with Gasteiger partial charge < -0.3 is 15.4 Å². The van der Waals surface area contributed by atoms with Gasteiger partial charge in [-0.25, -0.2) is 4.39 Å². The third-order valence-corrected chi connectivity index (χ3v) is 2.26. The largest absolute Gasteiger partial charge is 0.377 e. The first kappa shape index (κ1) is 17.3. The number of nitrogens with one attached hydrogen (secondary N) is 2. The van der Waals surface area contributed by atoms with Gasteiger partial charge in [-0.2, -0.15) is 0 Å². The van der Waals surface area contributed by atoms with E-state index in [2.05, 4.69) is 10.6 Å². The normalized spacial score (nSPS) is 13.7. The SMILES string of the molecule is CC(C)NCCOCC(F)CNC(=O)C(C)(C)C. The van der Waals surface area contributed by atoms with Crippen LogP contribution in [-0.2, 0) is 9.53 Å². The summed E-state index contributed by atoms with van der Waals surface area (Å²) in [5.41, 5.74) is -0.484. The van der Waals surface area contributed by atoms with Crippen molar-refractivity contribution in [2.75, 3.05) is 26.3 Å². The summed E-state index contributed by atoms with van der Waals surface area (Å²) in [6, 6.07) is 0.404. The van der Waals surface area contributed by atoms with Crippen molar-refractivity contribution in [2.45, 2.75) is 46.8 Å². The molecule has 0 aromatic heterocycles. The number of hydrogen-bond acceptors (Lipinski definition) is 3. The summed E-state index contributed by atoms with van der Waals surface area (Å²) in [5, 5.41) is 5.74. The van der Waals surface area contributed by atoms with Crippen LogP contribution in [0.1, 0.15) is 34.6 Å². The van der Waals surface area contributed by atoms with E-state index < -0.39 is 11.6 Å². The van der Waals surface area contributed by atoms with Gasteiger partial charge in [-0.15, -0.1) is 0 Å². The predicted molar refractivity (Wildman–Crippen MR) is 71.3 cm³/mol. The van der Waals surface area contributed by atoms with Crippen LogP contribution in [0.3, 0.4) is 0 Å². The van der Waals surface area contributed by atoms with E-state index in [9.17, 15) is 9.18 Å². The van der Waals surface area contributed by atoms with Gasteiger partial charge in [0.05, 0.1) is 19.8 Å². The van der Waals surface area contributed by atoms with Crippen LogP contribution < -0.4 is 10.6 Å². The first-order valence-electron chi connectivity index (χ1n) is 6.47. The Bertz CT molecular complexity index is 240. The van der Waals surface area contributed by atoms with Gasteiger partial charge in [0.15, 0.2) is 0 Å². The van der Waals surface area contributed by atoms with Crippen LogP contribution in [0.2, 0.25) is 0 Å². The van der Waals surface area contributed by atoms with Crippen LogP contribution in [0.4, 0.5) is 4.39 Å². The third-order valence-electron chi connectivity index (χ3n) is 2.26. The number of carbonyl (C=O) groups excluding carboxylic acids is 1. The predicted octanol–water partition coefficient (Wildman–Crippen LogP) is 1.50. The molecule has 0 aliphatic carbocycles. The average Bonchev–Trinajstić information content (AvgIpc) is 2.23. The van der Waals surface area contributed by atoms with Gasteiger partial charge in [0.2, 0.25) is 5.91 Å². The highest BCUT2D eigenvalue weighted by molar-refractivity contribution is 5.81. The summed E-state index contributed by atoms with van der Waals surface area (Å²) < 4.78 is 18.6. The van der Waals surface area contributed by atoms with Gasteiger partial charge in [-0.3, -0.25) is 4.79 Å². The number of alkyl halides is 1. The molecule has 1 amide bonds. The van der Waals surface area contributed by atoms with E-state index in [-0.39, 0.29) is 19.1 Å². The van der Waals surface area contributed by atoms with Gasteiger partial charge >= 0.3 is 0 Å². The molecule has 1 unspecified atom stereocenters. The Balaban J connectivity index is 3.55. The van der Waals surface area contributed by atoms with Gasteiger partial charge in [0, 0.05) is 18.0 Å². The molecule has 0 aromatic carbocycles. The lowest BCUT2D eigenvalue weighted by Crippen LogP contribution is -2.39. The van der Waals surface area contributed by atoms with Gasteiger partial charge in [-0.1, -0.05) is 34.6 Å². The number of ether oxygens (including phenoxy) is 1. The third kappa shape index (κ3) is 9.36. The molecule has 0 spiro atoms. The Kier molecular flexibility index (Phi) is 8.11. The van der Waals surface area contributed by atoms with Crippen molar-refractivity contribution < 1.29 is 13.9 Å². The highest BCUT2D eigenvalue weighted by Crippen LogP contribution is 2.12. The summed E-state index contributed by atoms with van der Waals surface area (Å²) in [7, 11) is 0. The zero-order chi connectivity index (χ0) is 14.2. The van der Waals surface area contributed by atoms with Gasteiger partial charge in [0.25, 0.3) is 0 Å². The number of carbonyl (C=O) groups is 1. The molecule has 1 atom stereocenters. The quantitative estimate of drug-likeness (QED) is 0.652. The molecule has 4 nitrogen and oxygen atoms in total. The van der Waals surface area contributed by atoms with E-state index in [1.165, 1.54) is 0 Å². The van der Waals surface area contributed by atoms with Crippen molar-refractivity contribution in [2.24, 2.45) is 5.41 Å². The van der Waals surface area contributed by atoms with Crippen LogP contribution in [-0.4, -0.2) is 44.4 Å². The molecule has 0 aliphatic heterocycles. The van der Waals surface area contributed by atoms with E-state index in [4.69, 9.17) is 4.74 Å². The number of rotatable bonds is 8. The van der Waals surface area contributed by atoms with Crippen molar-refractivity contribution >= 4 is 5.91 Å². The van der Waals surface area contributed by atoms with Crippen LogP contribution in [0, 0.1) is 5.41 Å². The maximum atomic E-state index is 13.4. The van der Waals surface area contributed by atoms with Crippen molar-refractivity contribution in [1.82, 2.24) is 10.6 Å². The number of halogens is 1. The molecule has 0 radical (unpaired) electrons. The zero-order valence-corrected chi connectivity index (χ0v) is 12.2. The van der Waals surface area contributed by atoms with E-state index in [0.717, 1.165) is 0 Å². The fourth-order valence-electron chi connectivity index (χ4n) is 1.16. The van der Waals surface area contributed by atoms with Crippen molar-refractivity contribution in [3.05, 3.63) is 0 Å². The second-order valence-corrected chi connectivity index (χ2v) is 5.74. The monoisotopic (exact) mass is 262 g/mol. The lowest BCUT2D eigenvalue weighted by Gasteiger charge is -2.18. The second-order valence-electron chi connectivity index (χ2n) is 5.74. The van der Waals surface area contributed by atoms with E-state index in [1.54, 1.807) is 20.8 Å². The van der Waals surface area contributed by atoms with Crippen LogP contribution >= 0.6 is 0 Å². The second kappa shape index (κ2) is 8.43. The van der Waals surface area contributed by atoms with Crippen molar-refractivity contribution in [1.29, 1.82) is 0 Å². The summed E-state index contributed by atoms with van der Waals surface area (Å²) in [4.78, 5) is 11.5. The molecular formula is C13H27FN2O2. The van der Waals surface area contributed by atoms with Crippen molar-refractivity contribution in [3.63, 3.8) is 0 Å². The molecule has 0 bridgehead atoms. The standard InChI is InChI=1S/C13H27FN2O2/c1-10(2)15-6-7-18-9-11(14)8-16-12(17)13(3,4)5/h10-11,15H,6-9H2,1-5H3,(H,16,17). The van der Waals surface area contributed by atoms with E-state index in [1.807, 2.05) is 13.8 Å². The molecular weight excluding hydrogens is 235 g/mol. The molecule has 108 valence electrons. The minimum atomic E-state index is -1.16. The van der Waals surface area contributed by atoms with Crippen LogP contribution in [0.15, 0.2) is 0 Å². The molecule has 2 N–H and O–H groups in total. The van der Waals surface area contributed by atoms with Crippen LogP contribution in [0.5, 0.6) is 0 Å². The first-order valence-corrected chi connectivity index (χ1v) is 6.47. The van der Waals surface area contributed by atoms with E-state index >= 15 is 0 Å². The van der Waals surface area contributed by atoms with Gasteiger partial charge in [-0.05, 0) is 0 Å². The Morgan fingerprint density at radius 1 is 1.33 bits per heavy atom. The summed E-state index contributed by atoms with van der Waals surface area (Å²) in [6.07, 6.45) is -1.16. The lowest BCUT2D eigenvalue weighted by atomic mass is 9.96. The first-order chi connectivity index (χ1) is 8.23. The Labute approximate surface area is 110 Å². The van der Waals surface area contributed by atoms with Gasteiger partial charge in [0.1, 0.15) is 6.17 Å². The van der Waals surface area contributed by atoms with Crippen molar-refractivity contribution in [3.8, 4) is 0 Å². The summed E-state index contributed by atoms with van der Waals surface area (Å²) in [5.74, 6) is -0.147. The fraction of sp³-hybridized carbons (Fsp3) is 0.923. The number of amides is 1. The minimum Gasteiger partial charge on any atom is -0.377 e. The summed E-state index contributed by atoms with van der Waals surface area (Å²) in [6.45, 7) is 10.7. The molecule has 0 heterocycles. The molecule has 0 saturated heterocycles. The molecule has 0 fully saturated rings. The summed E-state index contributed by atoms with van der Waals surface area (Å²) >= 11 is 0. The zero-order valence-electron chi connectivity index (χ0n) is 12.2. The minimum absolute atomic E-state index is 0.00765. The molecule has 0 aliphatic rings. The smallest absolute Gasteiger partial charge is 0.225 e. The molecule has 0 rings (SSSR count). The highest BCUT2D eigenvalue weighted by Gasteiger charge is 2.21. The maximum Gasteiger partial charge on any atom is 0.225 e. The van der Waals surface area contributed by atoms with Crippen LogP contribution in [0.25, 0.3) is 0 Å². The molecule has 0 aromatic rings. The van der Waals surface area contributed by atoms with E-state index in [0.29, 0.717) is 19.2 Å². The maximum absolute atomic E-state index is 13.4. The molecule has 0 saturated carbocycles. The Morgan fingerprint density at radius 2 is 1.94 bits per heavy atom.